The number of carbonyl (C=O) groups is 1. The number of esters is 1. The summed E-state index contributed by atoms with van der Waals surface area (Å²) in [5.41, 5.74) is 0. The van der Waals surface area contributed by atoms with E-state index in [4.69, 9.17) is 16.8 Å². The van der Waals surface area contributed by atoms with Crippen LogP contribution in [0.5, 0.6) is 0 Å². The van der Waals surface area contributed by atoms with Crippen LogP contribution in [0.4, 0.5) is 0 Å². The predicted octanol–water partition coefficient (Wildman–Crippen LogP) is 3.35. The summed E-state index contributed by atoms with van der Waals surface area (Å²) >= 11 is 5.83. The highest BCUT2D eigenvalue weighted by Crippen LogP contribution is 2.11. The molecule has 5 heteroatoms. The largest absolute Gasteiger partial charge is 0.469 e. The van der Waals surface area contributed by atoms with Gasteiger partial charge < -0.3 is 9.94 Å². The molecule has 0 saturated carbocycles. The molecule has 0 amide bonds. The molecule has 0 aromatic rings. The van der Waals surface area contributed by atoms with Gasteiger partial charge in [0.2, 0.25) is 0 Å². The van der Waals surface area contributed by atoms with Crippen molar-refractivity contribution >= 4 is 23.8 Å². The molecule has 0 fully saturated rings. The van der Waals surface area contributed by atoms with Gasteiger partial charge in [-0.3, -0.25) is 4.79 Å². The van der Waals surface area contributed by atoms with Crippen LogP contribution in [-0.2, 0) is 9.53 Å². The van der Waals surface area contributed by atoms with Crippen LogP contribution in [0.25, 0.3) is 0 Å². The Morgan fingerprint density at radius 3 is 2.47 bits per heavy atom. The average molecular weight is 264 g/mol. The fourth-order valence-electron chi connectivity index (χ4n) is 1.56. The molecule has 0 saturated heterocycles. The number of alkyl halides is 1. The molecule has 0 radical (unpaired) electrons. The molecular formula is C12H22ClNO3. The van der Waals surface area contributed by atoms with E-state index < -0.39 is 0 Å². The maximum atomic E-state index is 10.8. The minimum absolute atomic E-state index is 0.127. The standard InChI is InChI=1S/C12H22ClNO3/c1-17-12(15)9-7-5-3-2-4-6-8-11(13)10-14-16/h10-11,16H,2-9H2,1H3. The average Bonchev–Trinajstić information content (AvgIpc) is 2.32. The van der Waals surface area contributed by atoms with Crippen molar-refractivity contribution in [1.29, 1.82) is 0 Å². The van der Waals surface area contributed by atoms with E-state index in [-0.39, 0.29) is 11.3 Å². The fourth-order valence-corrected chi connectivity index (χ4v) is 1.77. The van der Waals surface area contributed by atoms with Crippen molar-refractivity contribution in [3.63, 3.8) is 0 Å². The highest BCUT2D eigenvalue weighted by Gasteiger charge is 2.01. The Kier molecular flexibility index (Phi) is 11.2. The molecule has 1 atom stereocenters. The van der Waals surface area contributed by atoms with Gasteiger partial charge in [0.1, 0.15) is 0 Å². The third-order valence-corrected chi connectivity index (χ3v) is 2.90. The molecule has 0 heterocycles. The molecule has 0 aliphatic carbocycles. The summed E-state index contributed by atoms with van der Waals surface area (Å²) in [5, 5.41) is 11.0. The molecule has 4 nitrogen and oxygen atoms in total. The van der Waals surface area contributed by atoms with Crippen LogP contribution in [-0.4, -0.2) is 29.9 Å². The zero-order chi connectivity index (χ0) is 12.9. The number of unbranched alkanes of at least 4 members (excludes halogenated alkanes) is 5. The van der Waals surface area contributed by atoms with Crippen molar-refractivity contribution in [2.45, 2.75) is 56.7 Å². The zero-order valence-electron chi connectivity index (χ0n) is 10.4. The number of halogens is 1. The molecule has 0 aliphatic rings. The van der Waals surface area contributed by atoms with Gasteiger partial charge in [0.05, 0.1) is 18.7 Å². The third kappa shape index (κ3) is 11.5. The molecule has 0 aromatic heterocycles. The Hall–Kier alpha value is -0.770. The number of hydrogen-bond acceptors (Lipinski definition) is 4. The Morgan fingerprint density at radius 2 is 1.88 bits per heavy atom. The van der Waals surface area contributed by atoms with E-state index in [0.717, 1.165) is 44.9 Å². The van der Waals surface area contributed by atoms with Gasteiger partial charge in [-0.15, -0.1) is 16.8 Å². The fraction of sp³-hybridized carbons (Fsp3) is 0.833. The zero-order valence-corrected chi connectivity index (χ0v) is 11.2. The number of rotatable bonds is 10. The van der Waals surface area contributed by atoms with Crippen molar-refractivity contribution in [3.8, 4) is 0 Å². The van der Waals surface area contributed by atoms with Crippen molar-refractivity contribution in [3.05, 3.63) is 0 Å². The lowest BCUT2D eigenvalue weighted by Gasteiger charge is -2.03. The summed E-state index contributed by atoms with van der Waals surface area (Å²) in [6.07, 6.45) is 9.13. The van der Waals surface area contributed by atoms with Gasteiger partial charge in [0.15, 0.2) is 0 Å². The number of hydrogen-bond donors (Lipinski definition) is 1. The Morgan fingerprint density at radius 1 is 1.29 bits per heavy atom. The molecular weight excluding hydrogens is 242 g/mol. The molecule has 1 unspecified atom stereocenters. The minimum atomic E-state index is -0.167. The second kappa shape index (κ2) is 11.7. The van der Waals surface area contributed by atoms with Crippen LogP contribution in [0.15, 0.2) is 5.16 Å². The Bertz CT molecular complexity index is 222. The highest BCUT2D eigenvalue weighted by molar-refractivity contribution is 6.28. The monoisotopic (exact) mass is 263 g/mol. The van der Waals surface area contributed by atoms with Crippen LogP contribution in [0.2, 0.25) is 0 Å². The molecule has 0 spiro atoms. The lowest BCUT2D eigenvalue weighted by Crippen LogP contribution is -2.00. The van der Waals surface area contributed by atoms with Crippen LogP contribution >= 0.6 is 11.6 Å². The SMILES string of the molecule is COC(=O)CCCCCCCCC(Cl)C=NO. The summed E-state index contributed by atoms with van der Waals surface area (Å²) in [5.74, 6) is -0.127. The van der Waals surface area contributed by atoms with Gasteiger partial charge in [-0.25, -0.2) is 0 Å². The topological polar surface area (TPSA) is 58.9 Å². The smallest absolute Gasteiger partial charge is 0.305 e. The molecule has 17 heavy (non-hydrogen) atoms. The Labute approximate surface area is 108 Å². The highest BCUT2D eigenvalue weighted by atomic mass is 35.5. The first-order valence-corrected chi connectivity index (χ1v) is 6.52. The van der Waals surface area contributed by atoms with Crippen molar-refractivity contribution < 1.29 is 14.7 Å². The van der Waals surface area contributed by atoms with Gasteiger partial charge in [-0.2, -0.15) is 0 Å². The third-order valence-electron chi connectivity index (χ3n) is 2.57. The summed E-state index contributed by atoms with van der Waals surface area (Å²) < 4.78 is 4.56. The first-order valence-electron chi connectivity index (χ1n) is 6.09. The second-order valence-corrected chi connectivity index (χ2v) is 4.58. The lowest BCUT2D eigenvalue weighted by atomic mass is 10.1. The Balaban J connectivity index is 3.16. The van der Waals surface area contributed by atoms with E-state index >= 15 is 0 Å². The molecule has 0 aromatic carbocycles. The van der Waals surface area contributed by atoms with Crippen molar-refractivity contribution in [1.82, 2.24) is 0 Å². The van der Waals surface area contributed by atoms with E-state index in [1.54, 1.807) is 0 Å². The van der Waals surface area contributed by atoms with Crippen LogP contribution in [0.1, 0.15) is 51.4 Å². The number of nitrogens with zero attached hydrogens (tertiary/aromatic N) is 1. The maximum absolute atomic E-state index is 10.8. The quantitative estimate of drug-likeness (QED) is 0.164. The van der Waals surface area contributed by atoms with Gasteiger partial charge in [-0.05, 0) is 12.8 Å². The molecule has 0 rings (SSSR count). The van der Waals surface area contributed by atoms with E-state index in [1.807, 2.05) is 0 Å². The summed E-state index contributed by atoms with van der Waals surface area (Å²) in [4.78, 5) is 10.8. The number of carbonyl (C=O) groups excluding carboxylic acids is 1. The summed E-state index contributed by atoms with van der Waals surface area (Å²) in [6, 6.07) is 0. The van der Waals surface area contributed by atoms with E-state index in [2.05, 4.69) is 9.89 Å². The van der Waals surface area contributed by atoms with Crippen molar-refractivity contribution in [2.75, 3.05) is 7.11 Å². The van der Waals surface area contributed by atoms with E-state index in [1.165, 1.54) is 13.3 Å². The predicted molar refractivity (Wildman–Crippen MR) is 68.9 cm³/mol. The van der Waals surface area contributed by atoms with Gasteiger partial charge in [0, 0.05) is 6.42 Å². The lowest BCUT2D eigenvalue weighted by molar-refractivity contribution is -0.140. The van der Waals surface area contributed by atoms with E-state index in [0.29, 0.717) is 6.42 Å². The maximum Gasteiger partial charge on any atom is 0.305 e. The summed E-state index contributed by atoms with van der Waals surface area (Å²) in [6.45, 7) is 0. The van der Waals surface area contributed by atoms with Gasteiger partial charge in [0.25, 0.3) is 0 Å². The van der Waals surface area contributed by atoms with Crippen LogP contribution in [0, 0.1) is 0 Å². The first-order chi connectivity index (χ1) is 8.20. The molecule has 0 aliphatic heterocycles. The van der Waals surface area contributed by atoms with Crippen molar-refractivity contribution in [2.24, 2.45) is 5.16 Å². The normalized spacial score (nSPS) is 12.8. The number of oxime groups is 1. The number of methoxy groups -OCH3 is 1. The second-order valence-electron chi connectivity index (χ2n) is 4.02. The molecule has 100 valence electrons. The van der Waals surface area contributed by atoms with Gasteiger partial charge >= 0.3 is 5.97 Å². The number of ether oxygens (including phenoxy) is 1. The van der Waals surface area contributed by atoms with Crippen LogP contribution < -0.4 is 0 Å². The first kappa shape index (κ1) is 16.2. The minimum Gasteiger partial charge on any atom is -0.469 e. The molecule has 0 bridgehead atoms. The van der Waals surface area contributed by atoms with Crippen LogP contribution in [0.3, 0.4) is 0 Å². The van der Waals surface area contributed by atoms with Gasteiger partial charge in [-0.1, -0.05) is 32.1 Å². The van der Waals surface area contributed by atoms with E-state index in [9.17, 15) is 4.79 Å². The summed E-state index contributed by atoms with van der Waals surface area (Å²) in [7, 11) is 1.42. The molecule has 1 N–H and O–H groups in total.